The number of aliphatic hydroxyl groups excluding tert-OH is 3. The summed E-state index contributed by atoms with van der Waals surface area (Å²) >= 11 is 0. The summed E-state index contributed by atoms with van der Waals surface area (Å²) in [5, 5.41) is 34.2. The smallest absolute Gasteiger partial charge is 0.264 e. The summed E-state index contributed by atoms with van der Waals surface area (Å²) in [6.45, 7) is 15.2. The van der Waals surface area contributed by atoms with E-state index in [0.717, 1.165) is 56.3 Å². The summed E-state index contributed by atoms with van der Waals surface area (Å²) < 4.78 is 31.2. The molecule has 8 heteroatoms. The van der Waals surface area contributed by atoms with Crippen LogP contribution in [0.4, 0.5) is 0 Å². The Morgan fingerprint density at radius 2 is 1.08 bits per heavy atom. The number of Topliss-reactive ketones (excluding diaryl/α,β-unsaturated/α-hetero) is 1. The minimum atomic E-state index is -4.02. The monoisotopic (exact) mass is 857 g/mol. The van der Waals surface area contributed by atoms with E-state index in [1.807, 2.05) is 0 Å². The van der Waals surface area contributed by atoms with E-state index in [9.17, 15) is 28.5 Å². The standard InChI is InChI=1S/C52H88O7S/c1-32(39-15-17-41-48-44(22-25-51(39,41)5)50(4)24-20-38(54)29-36(50)31-46(48)56)10-7-8-11-34-19-23-49(3)35(28-34)30-45(55)47-42-18-16-40(52(42,6)26-21-43(47)49)33(2)13-14-37(53)12-9-27-60(57,58)59/h32-36,38-48,54-56H,7-31H2,1-6H3,(H,57,58,59)/t32-,33+,34+,35?,36?,38-,39-,40+,41?,42?,43-,44+,45-,46+,47-,48+,49-,50+,51-,52+/m1/s1. The number of carbonyl (C=O) groups excluding carboxylic acids is 1. The van der Waals surface area contributed by atoms with Crippen LogP contribution in [0.5, 0.6) is 0 Å². The van der Waals surface area contributed by atoms with Gasteiger partial charge in [0.15, 0.2) is 0 Å². The molecule has 0 aromatic carbocycles. The van der Waals surface area contributed by atoms with E-state index in [-0.39, 0.29) is 48.1 Å². The molecule has 0 heterocycles. The molecule has 0 bridgehead atoms. The highest BCUT2D eigenvalue weighted by Gasteiger charge is 2.64. The fraction of sp³-hybridized carbons (Fsp3) is 0.981. The third-order valence-corrected chi connectivity index (χ3v) is 23.0. The second kappa shape index (κ2) is 17.4. The van der Waals surface area contributed by atoms with Gasteiger partial charge >= 0.3 is 0 Å². The quantitative estimate of drug-likeness (QED) is 0.101. The van der Waals surface area contributed by atoms with E-state index >= 15 is 0 Å². The van der Waals surface area contributed by atoms with Crippen molar-refractivity contribution in [2.24, 2.45) is 98.6 Å². The van der Waals surface area contributed by atoms with Crippen LogP contribution in [-0.4, -0.2) is 58.1 Å². The molecule has 4 N–H and O–H groups in total. The molecule has 0 aromatic heterocycles. The van der Waals surface area contributed by atoms with Crippen LogP contribution in [0.3, 0.4) is 0 Å². The van der Waals surface area contributed by atoms with Gasteiger partial charge in [0.1, 0.15) is 5.78 Å². The SMILES string of the molecule is C[C@H](CCCC[C@H]1CC[C@]2(C)C(C1)C[C@@H](O)[C@@H]1C3CC[C@@H]([C@@H](C)CCC(=O)CCCS(=O)(=O)O)[C@]3(C)CC[C@H]12)[C@H]1CCC2[C@@H]3[C@@H](O)CC4C[C@H](O)CC[C@]4(C)[C@H]3CC[C@@]21C. The average molecular weight is 857 g/mol. The summed E-state index contributed by atoms with van der Waals surface area (Å²) in [7, 11) is -4.02. The normalized spacial score (nSPS) is 49.7. The van der Waals surface area contributed by atoms with Gasteiger partial charge in [0, 0.05) is 12.8 Å². The van der Waals surface area contributed by atoms with E-state index in [4.69, 9.17) is 4.55 Å². The molecular weight excluding hydrogens is 769 g/mol. The number of hydrogen-bond acceptors (Lipinski definition) is 6. The van der Waals surface area contributed by atoms with Crippen molar-refractivity contribution in [3.05, 3.63) is 0 Å². The molecule has 7 nitrogen and oxygen atoms in total. The highest BCUT2D eigenvalue weighted by molar-refractivity contribution is 7.85. The molecule has 8 aliphatic rings. The molecule has 344 valence electrons. The van der Waals surface area contributed by atoms with Crippen LogP contribution in [0.15, 0.2) is 0 Å². The van der Waals surface area contributed by atoms with Crippen molar-refractivity contribution in [2.45, 2.75) is 214 Å². The molecule has 0 radical (unpaired) electrons. The number of hydrogen-bond donors (Lipinski definition) is 4. The molecule has 60 heavy (non-hydrogen) atoms. The predicted octanol–water partition coefficient (Wildman–Crippen LogP) is 11.1. The molecule has 8 rings (SSSR count). The molecule has 0 saturated heterocycles. The first-order valence-electron chi connectivity index (χ1n) is 25.8. The number of fused-ring (bicyclic) bond motifs is 10. The van der Waals surface area contributed by atoms with Crippen LogP contribution in [0.2, 0.25) is 0 Å². The molecular formula is C52H88O7S. The molecule has 0 amide bonds. The number of ketones is 1. The van der Waals surface area contributed by atoms with Crippen LogP contribution in [0.1, 0.15) is 196 Å². The summed E-state index contributed by atoms with van der Waals surface area (Å²) in [6, 6.07) is 0. The molecule has 0 spiro atoms. The summed E-state index contributed by atoms with van der Waals surface area (Å²) in [6.07, 6.45) is 25.5. The summed E-state index contributed by atoms with van der Waals surface area (Å²) in [5.41, 5.74) is 1.21. The van der Waals surface area contributed by atoms with Gasteiger partial charge in [-0.3, -0.25) is 9.35 Å². The maximum Gasteiger partial charge on any atom is 0.264 e. The minimum absolute atomic E-state index is 0.103. The van der Waals surface area contributed by atoms with Crippen molar-refractivity contribution in [2.75, 3.05) is 5.75 Å². The molecule has 20 atom stereocenters. The lowest BCUT2D eigenvalue weighted by atomic mass is 9.43. The maximum absolute atomic E-state index is 12.6. The molecule has 8 aliphatic carbocycles. The minimum Gasteiger partial charge on any atom is -0.393 e. The van der Waals surface area contributed by atoms with E-state index in [1.165, 1.54) is 96.3 Å². The van der Waals surface area contributed by atoms with E-state index in [0.29, 0.717) is 81.8 Å². The highest BCUT2D eigenvalue weighted by Crippen LogP contribution is 2.70. The topological polar surface area (TPSA) is 132 Å². The lowest BCUT2D eigenvalue weighted by molar-refractivity contribution is -0.174. The van der Waals surface area contributed by atoms with E-state index < -0.39 is 10.1 Å². The first-order chi connectivity index (χ1) is 28.3. The Morgan fingerprint density at radius 1 is 0.583 bits per heavy atom. The van der Waals surface area contributed by atoms with E-state index in [1.54, 1.807) is 0 Å². The van der Waals surface area contributed by atoms with Gasteiger partial charge in [-0.15, -0.1) is 0 Å². The third-order valence-electron chi connectivity index (χ3n) is 22.2. The molecule has 8 fully saturated rings. The lowest BCUT2D eigenvalue weighted by Gasteiger charge is -2.62. The van der Waals surface area contributed by atoms with Crippen LogP contribution >= 0.6 is 0 Å². The number of aliphatic hydroxyl groups is 3. The van der Waals surface area contributed by atoms with Crippen LogP contribution in [-0.2, 0) is 14.9 Å². The third kappa shape index (κ3) is 8.31. The van der Waals surface area contributed by atoms with Gasteiger partial charge in [0.05, 0.1) is 24.1 Å². The second-order valence-corrected chi connectivity index (χ2v) is 26.4. The molecule has 8 saturated carbocycles. The largest absolute Gasteiger partial charge is 0.393 e. The van der Waals surface area contributed by atoms with Crippen LogP contribution < -0.4 is 0 Å². The number of carbonyl (C=O) groups is 1. The predicted molar refractivity (Wildman–Crippen MR) is 239 cm³/mol. The number of rotatable bonds is 14. The van der Waals surface area contributed by atoms with Gasteiger partial charge in [-0.1, -0.05) is 67.2 Å². The Morgan fingerprint density at radius 3 is 1.65 bits per heavy atom. The fourth-order valence-electron chi connectivity index (χ4n) is 19.0. The van der Waals surface area contributed by atoms with Gasteiger partial charge < -0.3 is 15.3 Å². The lowest BCUT2D eigenvalue weighted by Crippen LogP contribution is -2.58. The molecule has 4 unspecified atom stereocenters. The van der Waals surface area contributed by atoms with Crippen molar-refractivity contribution < 1.29 is 33.1 Å². The maximum atomic E-state index is 12.6. The van der Waals surface area contributed by atoms with Crippen LogP contribution in [0.25, 0.3) is 0 Å². The van der Waals surface area contributed by atoms with Gasteiger partial charge in [0.2, 0.25) is 0 Å². The zero-order valence-corrected chi connectivity index (χ0v) is 39.7. The van der Waals surface area contributed by atoms with Crippen LogP contribution in [0, 0.1) is 98.6 Å². The molecule has 0 aliphatic heterocycles. The van der Waals surface area contributed by atoms with Gasteiger partial charge in [-0.05, 0) is 214 Å². The van der Waals surface area contributed by atoms with Crippen molar-refractivity contribution in [1.29, 1.82) is 0 Å². The zero-order valence-electron chi connectivity index (χ0n) is 38.8. The Kier molecular flexibility index (Phi) is 13.3. The first-order valence-corrected chi connectivity index (χ1v) is 27.4. The first kappa shape index (κ1) is 46.0. The van der Waals surface area contributed by atoms with Crippen molar-refractivity contribution in [3.63, 3.8) is 0 Å². The Bertz CT molecular complexity index is 1630. The van der Waals surface area contributed by atoms with Gasteiger partial charge in [-0.2, -0.15) is 8.42 Å². The molecule has 0 aromatic rings. The summed E-state index contributed by atoms with van der Waals surface area (Å²) in [5.74, 6) is 7.50. The number of unbranched alkanes of at least 4 members (excludes halogenated alkanes) is 1. The van der Waals surface area contributed by atoms with Crippen molar-refractivity contribution >= 4 is 15.9 Å². The Labute approximate surface area is 365 Å². The summed E-state index contributed by atoms with van der Waals surface area (Å²) in [4.78, 5) is 12.6. The van der Waals surface area contributed by atoms with Gasteiger partial charge in [-0.25, -0.2) is 0 Å². The van der Waals surface area contributed by atoms with Crippen molar-refractivity contribution in [3.8, 4) is 0 Å². The second-order valence-electron chi connectivity index (χ2n) is 24.8. The fourth-order valence-corrected chi connectivity index (χ4v) is 19.5. The zero-order chi connectivity index (χ0) is 43.0. The Balaban J connectivity index is 0.801. The van der Waals surface area contributed by atoms with Gasteiger partial charge in [0.25, 0.3) is 10.1 Å². The highest BCUT2D eigenvalue weighted by atomic mass is 32.2. The average Bonchev–Trinajstić information content (AvgIpc) is 3.73. The van der Waals surface area contributed by atoms with Crippen molar-refractivity contribution in [1.82, 2.24) is 0 Å². The van der Waals surface area contributed by atoms with E-state index in [2.05, 4.69) is 41.5 Å². The Hall–Kier alpha value is -0.540.